The van der Waals surface area contributed by atoms with Crippen molar-refractivity contribution in [3.63, 3.8) is 0 Å². The average molecular weight is 324 g/mol. The smallest absolute Gasteiger partial charge is 0.282 e. The van der Waals surface area contributed by atoms with Gasteiger partial charge in [-0.25, -0.2) is 0 Å². The second-order valence-corrected chi connectivity index (χ2v) is 8.29. The fraction of sp³-hybridized carbons (Fsp3) is 0.667. The Balaban J connectivity index is 1.88. The van der Waals surface area contributed by atoms with E-state index in [1.54, 1.807) is 0 Å². The molecule has 2 rings (SSSR count). The van der Waals surface area contributed by atoms with E-state index < -0.39 is 10.1 Å². The van der Waals surface area contributed by atoms with Gasteiger partial charge in [-0.15, -0.1) is 0 Å². The molecule has 1 aliphatic carbocycles. The standard InChI is InChI=1S/C18H28O3S/c1-3-16(6-4-5-15-8-7-14(2)13-15)17-9-11-18(12-10-17)22(19,20)21/h9-12,14-16H,3-8,13H2,1-2H3,(H,19,20,21). The van der Waals surface area contributed by atoms with Crippen LogP contribution in [-0.4, -0.2) is 13.0 Å². The molecule has 0 heterocycles. The molecule has 0 amide bonds. The number of benzene rings is 1. The van der Waals surface area contributed by atoms with Gasteiger partial charge in [0.05, 0.1) is 4.90 Å². The minimum Gasteiger partial charge on any atom is -0.282 e. The first-order valence-corrected chi connectivity index (χ1v) is 9.91. The van der Waals surface area contributed by atoms with Crippen LogP contribution in [0, 0.1) is 11.8 Å². The maximum Gasteiger partial charge on any atom is 0.294 e. The van der Waals surface area contributed by atoms with Gasteiger partial charge in [-0.05, 0) is 54.7 Å². The predicted octanol–water partition coefficient (Wildman–Crippen LogP) is 5.03. The molecule has 0 bridgehead atoms. The first kappa shape index (κ1) is 17.5. The van der Waals surface area contributed by atoms with Crippen LogP contribution in [0.25, 0.3) is 0 Å². The minimum atomic E-state index is -4.09. The van der Waals surface area contributed by atoms with Crippen LogP contribution in [0.3, 0.4) is 0 Å². The van der Waals surface area contributed by atoms with Gasteiger partial charge in [-0.1, -0.05) is 51.7 Å². The summed E-state index contributed by atoms with van der Waals surface area (Å²) in [6, 6.07) is 6.70. The fourth-order valence-corrected chi connectivity index (χ4v) is 4.24. The van der Waals surface area contributed by atoms with Gasteiger partial charge in [-0.2, -0.15) is 8.42 Å². The Morgan fingerprint density at radius 2 is 1.91 bits per heavy atom. The molecule has 124 valence electrons. The third kappa shape index (κ3) is 4.82. The van der Waals surface area contributed by atoms with Crippen molar-refractivity contribution >= 4 is 10.1 Å². The van der Waals surface area contributed by atoms with Crippen molar-refractivity contribution in [2.75, 3.05) is 0 Å². The van der Waals surface area contributed by atoms with Gasteiger partial charge in [0.15, 0.2) is 0 Å². The summed E-state index contributed by atoms with van der Waals surface area (Å²) in [6.07, 6.45) is 8.96. The summed E-state index contributed by atoms with van der Waals surface area (Å²) in [6.45, 7) is 4.53. The second-order valence-electron chi connectivity index (χ2n) is 6.86. The Kier molecular flexibility index (Phi) is 6.04. The molecule has 3 nitrogen and oxygen atoms in total. The first-order valence-electron chi connectivity index (χ1n) is 8.47. The zero-order chi connectivity index (χ0) is 16.2. The topological polar surface area (TPSA) is 54.4 Å². The van der Waals surface area contributed by atoms with Gasteiger partial charge in [0.2, 0.25) is 0 Å². The van der Waals surface area contributed by atoms with E-state index in [0.717, 1.165) is 24.7 Å². The lowest BCUT2D eigenvalue weighted by Gasteiger charge is -2.17. The van der Waals surface area contributed by atoms with Crippen LogP contribution >= 0.6 is 0 Å². The van der Waals surface area contributed by atoms with E-state index >= 15 is 0 Å². The van der Waals surface area contributed by atoms with Crippen LogP contribution < -0.4 is 0 Å². The summed E-state index contributed by atoms with van der Waals surface area (Å²) >= 11 is 0. The van der Waals surface area contributed by atoms with E-state index in [4.69, 9.17) is 4.55 Å². The van der Waals surface area contributed by atoms with Gasteiger partial charge in [0.1, 0.15) is 0 Å². The molecule has 0 spiro atoms. The van der Waals surface area contributed by atoms with Crippen molar-refractivity contribution in [1.82, 2.24) is 0 Å². The Hall–Kier alpha value is -0.870. The van der Waals surface area contributed by atoms with E-state index in [1.807, 2.05) is 12.1 Å². The van der Waals surface area contributed by atoms with Crippen LogP contribution in [-0.2, 0) is 10.1 Å². The maximum atomic E-state index is 11.1. The highest BCUT2D eigenvalue weighted by Gasteiger charge is 2.21. The molecule has 1 N–H and O–H groups in total. The van der Waals surface area contributed by atoms with Crippen molar-refractivity contribution < 1.29 is 13.0 Å². The van der Waals surface area contributed by atoms with E-state index in [-0.39, 0.29) is 4.90 Å². The second kappa shape index (κ2) is 7.60. The fourth-order valence-electron chi connectivity index (χ4n) is 3.76. The van der Waals surface area contributed by atoms with Crippen molar-refractivity contribution in [2.24, 2.45) is 11.8 Å². The van der Waals surface area contributed by atoms with Crippen LogP contribution in [0.15, 0.2) is 29.2 Å². The van der Waals surface area contributed by atoms with Crippen molar-refractivity contribution in [1.29, 1.82) is 0 Å². The predicted molar refractivity (Wildman–Crippen MR) is 89.6 cm³/mol. The van der Waals surface area contributed by atoms with Crippen molar-refractivity contribution in [2.45, 2.75) is 69.6 Å². The highest BCUT2D eigenvalue weighted by Crippen LogP contribution is 2.35. The van der Waals surface area contributed by atoms with Gasteiger partial charge in [0, 0.05) is 0 Å². The average Bonchev–Trinajstić information content (AvgIpc) is 2.88. The first-order chi connectivity index (χ1) is 10.4. The molecule has 3 atom stereocenters. The molecule has 1 fully saturated rings. The number of rotatable bonds is 7. The summed E-state index contributed by atoms with van der Waals surface area (Å²) in [7, 11) is -4.09. The minimum absolute atomic E-state index is 0.0222. The van der Waals surface area contributed by atoms with Crippen LogP contribution in [0.1, 0.15) is 70.3 Å². The third-order valence-corrected chi connectivity index (χ3v) is 5.98. The summed E-state index contributed by atoms with van der Waals surface area (Å²) in [5.74, 6) is 2.30. The molecule has 0 saturated heterocycles. The molecule has 1 aromatic rings. The summed E-state index contributed by atoms with van der Waals surface area (Å²) in [5, 5.41) is 0. The van der Waals surface area contributed by atoms with Crippen LogP contribution in [0.4, 0.5) is 0 Å². The van der Waals surface area contributed by atoms with Gasteiger partial charge in [0.25, 0.3) is 10.1 Å². The highest BCUT2D eigenvalue weighted by molar-refractivity contribution is 7.85. The van der Waals surface area contributed by atoms with Crippen molar-refractivity contribution in [3.05, 3.63) is 29.8 Å². The Bertz CT molecular complexity index is 562. The molecule has 0 radical (unpaired) electrons. The normalized spacial score (nSPS) is 23.6. The molecule has 22 heavy (non-hydrogen) atoms. The third-order valence-electron chi connectivity index (χ3n) is 5.11. The Labute approximate surface area is 134 Å². The van der Waals surface area contributed by atoms with Crippen molar-refractivity contribution in [3.8, 4) is 0 Å². The molecular formula is C18H28O3S. The molecule has 1 saturated carbocycles. The lowest BCUT2D eigenvalue weighted by atomic mass is 9.89. The van der Waals surface area contributed by atoms with E-state index in [9.17, 15) is 8.42 Å². The highest BCUT2D eigenvalue weighted by atomic mass is 32.2. The summed E-state index contributed by atoms with van der Waals surface area (Å²) < 4.78 is 31.2. The number of hydrogen-bond donors (Lipinski definition) is 1. The Morgan fingerprint density at radius 1 is 1.23 bits per heavy atom. The molecular weight excluding hydrogens is 296 g/mol. The monoisotopic (exact) mass is 324 g/mol. The van der Waals surface area contributed by atoms with Gasteiger partial charge >= 0.3 is 0 Å². The molecule has 0 aromatic heterocycles. The molecule has 1 aromatic carbocycles. The van der Waals surface area contributed by atoms with E-state index in [1.165, 1.54) is 49.8 Å². The molecule has 4 heteroatoms. The molecule has 1 aliphatic rings. The van der Waals surface area contributed by atoms with Crippen LogP contribution in [0.5, 0.6) is 0 Å². The quantitative estimate of drug-likeness (QED) is 0.715. The van der Waals surface area contributed by atoms with Crippen LogP contribution in [0.2, 0.25) is 0 Å². The summed E-state index contributed by atoms with van der Waals surface area (Å²) in [5.41, 5.74) is 1.18. The zero-order valence-electron chi connectivity index (χ0n) is 13.7. The maximum absolute atomic E-state index is 11.1. The van der Waals surface area contributed by atoms with E-state index in [2.05, 4.69) is 13.8 Å². The van der Waals surface area contributed by atoms with Gasteiger partial charge < -0.3 is 0 Å². The lowest BCUT2D eigenvalue weighted by molar-refractivity contribution is 0.437. The Morgan fingerprint density at radius 3 is 2.41 bits per heavy atom. The number of hydrogen-bond acceptors (Lipinski definition) is 2. The molecule has 0 aliphatic heterocycles. The molecule has 3 unspecified atom stereocenters. The van der Waals surface area contributed by atoms with Gasteiger partial charge in [-0.3, -0.25) is 4.55 Å². The zero-order valence-corrected chi connectivity index (χ0v) is 14.5. The lowest BCUT2D eigenvalue weighted by Crippen LogP contribution is -2.02. The largest absolute Gasteiger partial charge is 0.294 e. The summed E-state index contributed by atoms with van der Waals surface area (Å²) in [4.78, 5) is -0.0222. The SMILES string of the molecule is CCC(CCCC1CCC(C)C1)c1ccc(S(=O)(=O)O)cc1. The van der Waals surface area contributed by atoms with E-state index in [0.29, 0.717) is 5.92 Å².